The maximum atomic E-state index is 12.6. The van der Waals surface area contributed by atoms with E-state index >= 15 is 0 Å². The predicted molar refractivity (Wildman–Crippen MR) is 168 cm³/mol. The van der Waals surface area contributed by atoms with E-state index in [9.17, 15) is 18.0 Å². The van der Waals surface area contributed by atoms with Gasteiger partial charge in [0.05, 0.1) is 37.5 Å². The summed E-state index contributed by atoms with van der Waals surface area (Å²) in [4.78, 5) is 24.8. The highest BCUT2D eigenvalue weighted by Crippen LogP contribution is 2.25. The van der Waals surface area contributed by atoms with Gasteiger partial charge in [0, 0.05) is 10.6 Å². The van der Waals surface area contributed by atoms with Crippen LogP contribution in [-0.2, 0) is 21.4 Å². The molecule has 0 atom stereocenters. The zero-order chi connectivity index (χ0) is 30.8. The van der Waals surface area contributed by atoms with E-state index in [2.05, 4.69) is 15.8 Å². The van der Waals surface area contributed by atoms with Gasteiger partial charge in [-0.25, -0.2) is 13.8 Å². The SMILES string of the molecule is COc1ccccc1NC(=O)COc1ccc(/C=N\NC(=O)c2ccc(N(Cc3ccccc3Cl)S(C)(=O)=O)cc2)cc1. The average molecular weight is 621 g/mol. The second-order valence-electron chi connectivity index (χ2n) is 9.21. The van der Waals surface area contributed by atoms with Crippen molar-refractivity contribution in [3.05, 3.63) is 119 Å². The van der Waals surface area contributed by atoms with Gasteiger partial charge in [-0.2, -0.15) is 5.10 Å². The zero-order valence-corrected chi connectivity index (χ0v) is 24.9. The second-order valence-corrected chi connectivity index (χ2v) is 11.5. The van der Waals surface area contributed by atoms with Gasteiger partial charge in [-0.3, -0.25) is 13.9 Å². The number of anilines is 2. The van der Waals surface area contributed by atoms with Crippen molar-refractivity contribution in [2.24, 2.45) is 5.10 Å². The molecule has 2 N–H and O–H groups in total. The molecule has 0 radical (unpaired) electrons. The Balaban J connectivity index is 1.29. The van der Waals surface area contributed by atoms with E-state index in [1.54, 1.807) is 84.9 Å². The van der Waals surface area contributed by atoms with Crippen molar-refractivity contribution < 1.29 is 27.5 Å². The summed E-state index contributed by atoms with van der Waals surface area (Å²) >= 11 is 6.22. The summed E-state index contributed by atoms with van der Waals surface area (Å²) in [7, 11) is -2.10. The van der Waals surface area contributed by atoms with E-state index in [0.717, 1.165) is 6.26 Å². The fourth-order valence-corrected chi connectivity index (χ4v) is 5.00. The first kappa shape index (κ1) is 31.1. The number of carbonyl (C=O) groups excluding carboxylic acids is 2. The van der Waals surface area contributed by atoms with Crippen molar-refractivity contribution in [3.63, 3.8) is 0 Å². The maximum Gasteiger partial charge on any atom is 0.271 e. The Morgan fingerprint density at radius 2 is 1.60 bits per heavy atom. The molecule has 4 aromatic rings. The Morgan fingerprint density at radius 1 is 0.930 bits per heavy atom. The van der Waals surface area contributed by atoms with Gasteiger partial charge in [0.15, 0.2) is 6.61 Å². The molecular formula is C31H29ClN4O6S. The topological polar surface area (TPSA) is 126 Å². The highest BCUT2D eigenvalue weighted by molar-refractivity contribution is 7.92. The van der Waals surface area contributed by atoms with E-state index in [-0.39, 0.29) is 19.1 Å². The molecule has 0 aromatic heterocycles. The first-order chi connectivity index (χ1) is 20.6. The summed E-state index contributed by atoms with van der Waals surface area (Å²) in [5.74, 6) is 0.220. The van der Waals surface area contributed by atoms with Crippen LogP contribution >= 0.6 is 11.6 Å². The van der Waals surface area contributed by atoms with Gasteiger partial charge >= 0.3 is 0 Å². The van der Waals surface area contributed by atoms with Gasteiger partial charge in [0.1, 0.15) is 11.5 Å². The van der Waals surface area contributed by atoms with Gasteiger partial charge in [-0.15, -0.1) is 0 Å². The number of halogens is 1. The van der Waals surface area contributed by atoms with Crippen LogP contribution in [0.25, 0.3) is 0 Å². The molecule has 0 bridgehead atoms. The number of hydrogen-bond acceptors (Lipinski definition) is 7. The number of sulfonamides is 1. The third kappa shape index (κ3) is 8.81. The van der Waals surface area contributed by atoms with Gasteiger partial charge in [-0.05, 0) is 77.9 Å². The molecule has 2 amide bonds. The summed E-state index contributed by atoms with van der Waals surface area (Å²) in [6.07, 6.45) is 2.57. The third-order valence-electron chi connectivity index (χ3n) is 6.10. The lowest BCUT2D eigenvalue weighted by Gasteiger charge is -2.23. The minimum Gasteiger partial charge on any atom is -0.495 e. The average Bonchev–Trinajstić information content (AvgIpc) is 3.00. The van der Waals surface area contributed by atoms with Crippen LogP contribution in [0.2, 0.25) is 5.02 Å². The van der Waals surface area contributed by atoms with Crippen molar-refractivity contribution in [1.29, 1.82) is 0 Å². The first-order valence-corrected chi connectivity index (χ1v) is 15.2. The van der Waals surface area contributed by atoms with Crippen LogP contribution in [0.1, 0.15) is 21.5 Å². The molecule has 0 spiro atoms. The molecule has 0 aliphatic carbocycles. The monoisotopic (exact) mass is 620 g/mol. The quantitative estimate of drug-likeness (QED) is 0.168. The maximum absolute atomic E-state index is 12.6. The number of benzene rings is 4. The Kier molecular flexibility index (Phi) is 10.4. The summed E-state index contributed by atoms with van der Waals surface area (Å²) < 4.78 is 36.9. The summed E-state index contributed by atoms with van der Waals surface area (Å²) in [6, 6.07) is 27.0. The molecule has 0 fully saturated rings. The Hall–Kier alpha value is -4.87. The van der Waals surface area contributed by atoms with Crippen molar-refractivity contribution >= 4 is 51.0 Å². The minimum atomic E-state index is -3.62. The number of nitrogens with one attached hydrogen (secondary N) is 2. The summed E-state index contributed by atoms with van der Waals surface area (Å²) in [5.41, 5.74) is 5.02. The number of nitrogens with zero attached hydrogens (tertiary/aromatic N) is 2. The smallest absolute Gasteiger partial charge is 0.271 e. The Morgan fingerprint density at radius 3 is 2.28 bits per heavy atom. The molecule has 0 aliphatic heterocycles. The van der Waals surface area contributed by atoms with Gasteiger partial charge in [0.2, 0.25) is 10.0 Å². The van der Waals surface area contributed by atoms with Crippen LogP contribution < -0.4 is 24.5 Å². The van der Waals surface area contributed by atoms with Crippen molar-refractivity contribution in [2.75, 3.05) is 29.6 Å². The Labute approximate surface area is 254 Å². The summed E-state index contributed by atoms with van der Waals surface area (Å²) in [5, 5.41) is 7.18. The fraction of sp³-hybridized carbons (Fsp3) is 0.129. The molecule has 12 heteroatoms. The number of methoxy groups -OCH3 is 1. The predicted octanol–water partition coefficient (Wildman–Crippen LogP) is 5.10. The number of hydrogen-bond donors (Lipinski definition) is 2. The second kappa shape index (κ2) is 14.3. The molecule has 4 rings (SSSR count). The number of amides is 2. The number of ether oxygens (including phenoxy) is 2. The third-order valence-corrected chi connectivity index (χ3v) is 7.61. The molecule has 0 heterocycles. The van der Waals surface area contributed by atoms with Crippen molar-refractivity contribution in [3.8, 4) is 11.5 Å². The normalized spacial score (nSPS) is 11.1. The van der Waals surface area contributed by atoms with Crippen LogP contribution in [0.3, 0.4) is 0 Å². The van der Waals surface area contributed by atoms with E-state index in [4.69, 9.17) is 21.1 Å². The van der Waals surface area contributed by atoms with Crippen LogP contribution in [-0.4, -0.2) is 46.4 Å². The highest BCUT2D eigenvalue weighted by Gasteiger charge is 2.19. The minimum absolute atomic E-state index is 0.0499. The number of carbonyl (C=O) groups is 2. The van der Waals surface area contributed by atoms with Crippen molar-refractivity contribution in [1.82, 2.24) is 5.43 Å². The zero-order valence-electron chi connectivity index (χ0n) is 23.4. The lowest BCUT2D eigenvalue weighted by Crippen LogP contribution is -2.29. The number of hydrazone groups is 1. The summed E-state index contributed by atoms with van der Waals surface area (Å²) in [6.45, 7) is -0.142. The first-order valence-electron chi connectivity index (χ1n) is 12.9. The van der Waals surface area contributed by atoms with E-state index in [0.29, 0.717) is 44.6 Å². The molecule has 43 heavy (non-hydrogen) atoms. The van der Waals surface area contributed by atoms with E-state index < -0.39 is 15.9 Å². The van der Waals surface area contributed by atoms with Crippen LogP contribution in [0.15, 0.2) is 102 Å². The molecule has 4 aromatic carbocycles. The lowest BCUT2D eigenvalue weighted by molar-refractivity contribution is -0.118. The number of para-hydroxylation sites is 2. The molecule has 0 aliphatic rings. The van der Waals surface area contributed by atoms with E-state index in [1.807, 2.05) is 0 Å². The molecule has 222 valence electrons. The fourth-order valence-electron chi connectivity index (χ4n) is 3.92. The van der Waals surface area contributed by atoms with Gasteiger partial charge in [0.25, 0.3) is 11.8 Å². The van der Waals surface area contributed by atoms with E-state index in [1.165, 1.54) is 29.8 Å². The molecule has 10 nitrogen and oxygen atoms in total. The lowest BCUT2D eigenvalue weighted by atomic mass is 10.2. The largest absolute Gasteiger partial charge is 0.495 e. The van der Waals surface area contributed by atoms with Gasteiger partial charge in [-0.1, -0.05) is 41.9 Å². The molecule has 0 unspecified atom stereocenters. The van der Waals surface area contributed by atoms with Crippen molar-refractivity contribution in [2.45, 2.75) is 6.54 Å². The molecular weight excluding hydrogens is 592 g/mol. The molecule has 0 saturated heterocycles. The standard InChI is InChI=1S/C31H29ClN4O6S/c1-41-29-10-6-5-9-28(29)34-30(37)21-42-26-17-11-22(12-18-26)19-33-35-31(38)23-13-15-25(16-14-23)36(43(2,39)40)20-24-7-3-4-8-27(24)32/h3-19H,20-21H2,1-2H3,(H,34,37)(H,35,38)/b33-19-. The Bertz CT molecular complexity index is 1710. The van der Waals surface area contributed by atoms with Crippen LogP contribution in [0, 0.1) is 0 Å². The van der Waals surface area contributed by atoms with Crippen LogP contribution in [0.4, 0.5) is 11.4 Å². The highest BCUT2D eigenvalue weighted by atomic mass is 35.5. The molecule has 0 saturated carbocycles. The number of rotatable bonds is 12. The van der Waals surface area contributed by atoms with Crippen LogP contribution in [0.5, 0.6) is 11.5 Å². The van der Waals surface area contributed by atoms with Gasteiger partial charge < -0.3 is 14.8 Å².